The average molecular weight is 487 g/mol. The number of carbonyl (C=O) groups excluding carboxylic acids is 2. The van der Waals surface area contributed by atoms with Gasteiger partial charge in [0.05, 0.1) is 46.9 Å². The zero-order valence-electron chi connectivity index (χ0n) is 18.1. The fourth-order valence-corrected chi connectivity index (χ4v) is 4.29. The molecule has 3 aromatic carbocycles. The van der Waals surface area contributed by atoms with Crippen molar-refractivity contribution < 1.29 is 22.7 Å². The van der Waals surface area contributed by atoms with Gasteiger partial charge in [0.1, 0.15) is 0 Å². The van der Waals surface area contributed by atoms with Gasteiger partial charge in [0.25, 0.3) is 5.91 Å². The van der Waals surface area contributed by atoms with Crippen molar-refractivity contribution in [3.05, 3.63) is 94.5 Å². The number of anilines is 2. The van der Waals surface area contributed by atoms with E-state index in [2.05, 4.69) is 5.32 Å². The number of sulfonamides is 1. The van der Waals surface area contributed by atoms with Gasteiger partial charge in [-0.05, 0) is 42.8 Å². The third-order valence-corrected chi connectivity index (χ3v) is 6.15. The molecule has 172 valence electrons. The number of hydrogen-bond donors (Lipinski definition) is 1. The number of rotatable bonds is 8. The van der Waals surface area contributed by atoms with Crippen LogP contribution >= 0.6 is 11.6 Å². The van der Waals surface area contributed by atoms with E-state index in [9.17, 15) is 18.0 Å². The highest BCUT2D eigenvalue weighted by Gasteiger charge is 2.24. The van der Waals surface area contributed by atoms with Gasteiger partial charge in [-0.1, -0.05) is 54.1 Å². The molecule has 9 heteroatoms. The summed E-state index contributed by atoms with van der Waals surface area (Å²) >= 11 is 6.26. The van der Waals surface area contributed by atoms with E-state index in [-0.39, 0.29) is 40.7 Å². The van der Waals surface area contributed by atoms with Crippen LogP contribution in [0.15, 0.2) is 72.8 Å². The van der Waals surface area contributed by atoms with Crippen molar-refractivity contribution >= 4 is 44.9 Å². The first-order valence-electron chi connectivity index (χ1n) is 10.1. The standard InChI is InChI=1S/C24H23ClN2O5S/c1-3-32-24(29)18-13-14-21(20(25)15-18)26-23(28)19-11-7-8-12-22(19)27(33(2,30)31)16-17-9-5-4-6-10-17/h4-15H,3,16H2,1-2H3,(H,26,28). The minimum absolute atomic E-state index is 0.0684. The molecule has 0 radical (unpaired) electrons. The van der Waals surface area contributed by atoms with E-state index in [0.29, 0.717) is 0 Å². The summed E-state index contributed by atoms with van der Waals surface area (Å²) in [6, 6.07) is 19.9. The molecule has 33 heavy (non-hydrogen) atoms. The molecular formula is C24H23ClN2O5S. The number of hydrogen-bond acceptors (Lipinski definition) is 5. The monoisotopic (exact) mass is 486 g/mol. The maximum atomic E-state index is 13.1. The summed E-state index contributed by atoms with van der Waals surface area (Å²) in [6.45, 7) is 1.99. The Morgan fingerprint density at radius 2 is 1.67 bits per heavy atom. The highest BCUT2D eigenvalue weighted by Crippen LogP contribution is 2.28. The summed E-state index contributed by atoms with van der Waals surface area (Å²) in [4.78, 5) is 25.0. The van der Waals surface area contributed by atoms with Gasteiger partial charge in [-0.25, -0.2) is 13.2 Å². The molecule has 0 saturated carbocycles. The van der Waals surface area contributed by atoms with E-state index in [1.165, 1.54) is 28.6 Å². The van der Waals surface area contributed by atoms with Crippen LogP contribution in [0, 0.1) is 0 Å². The topological polar surface area (TPSA) is 92.8 Å². The van der Waals surface area contributed by atoms with Crippen molar-refractivity contribution in [2.45, 2.75) is 13.5 Å². The molecule has 3 aromatic rings. The van der Waals surface area contributed by atoms with Gasteiger partial charge in [0.2, 0.25) is 10.0 Å². The van der Waals surface area contributed by atoms with Crippen LogP contribution in [0.1, 0.15) is 33.2 Å². The van der Waals surface area contributed by atoms with E-state index in [1.54, 1.807) is 25.1 Å². The number of benzene rings is 3. The van der Waals surface area contributed by atoms with Crippen LogP contribution in [0.2, 0.25) is 5.02 Å². The molecule has 0 aliphatic carbocycles. The van der Waals surface area contributed by atoms with Gasteiger partial charge < -0.3 is 10.1 Å². The number of amides is 1. The lowest BCUT2D eigenvalue weighted by Crippen LogP contribution is -2.31. The maximum Gasteiger partial charge on any atom is 0.338 e. The molecule has 0 aromatic heterocycles. The summed E-state index contributed by atoms with van der Waals surface area (Å²) < 4.78 is 31.3. The quantitative estimate of drug-likeness (QED) is 0.464. The first kappa shape index (κ1) is 24.3. The first-order valence-corrected chi connectivity index (χ1v) is 12.3. The predicted molar refractivity (Wildman–Crippen MR) is 129 cm³/mol. The Kier molecular flexibility index (Phi) is 7.73. The third-order valence-electron chi connectivity index (χ3n) is 4.72. The van der Waals surface area contributed by atoms with Crippen LogP contribution in [-0.2, 0) is 21.3 Å². The van der Waals surface area contributed by atoms with E-state index < -0.39 is 21.9 Å². The molecule has 0 spiro atoms. The van der Waals surface area contributed by atoms with Crippen LogP contribution in [0.5, 0.6) is 0 Å². The van der Waals surface area contributed by atoms with E-state index >= 15 is 0 Å². The van der Waals surface area contributed by atoms with Crippen molar-refractivity contribution in [1.29, 1.82) is 0 Å². The predicted octanol–water partition coefficient (Wildman–Crippen LogP) is 4.74. The second kappa shape index (κ2) is 10.5. The van der Waals surface area contributed by atoms with Gasteiger partial charge in [-0.2, -0.15) is 0 Å². The number of ether oxygens (including phenoxy) is 1. The molecule has 1 amide bonds. The normalized spacial score (nSPS) is 11.0. The van der Waals surface area contributed by atoms with Crippen molar-refractivity contribution in [3.8, 4) is 0 Å². The molecule has 7 nitrogen and oxygen atoms in total. The first-order chi connectivity index (χ1) is 15.7. The Hall–Kier alpha value is -3.36. The Morgan fingerprint density at radius 3 is 2.30 bits per heavy atom. The Labute approximate surface area is 198 Å². The fourth-order valence-electron chi connectivity index (χ4n) is 3.16. The van der Waals surface area contributed by atoms with Crippen molar-refractivity contribution in [1.82, 2.24) is 0 Å². The molecule has 0 bridgehead atoms. The van der Waals surface area contributed by atoms with E-state index in [4.69, 9.17) is 16.3 Å². The third kappa shape index (κ3) is 6.12. The molecule has 0 atom stereocenters. The lowest BCUT2D eigenvalue weighted by Gasteiger charge is -2.25. The van der Waals surface area contributed by atoms with Crippen LogP contribution in [0.3, 0.4) is 0 Å². The number of carbonyl (C=O) groups is 2. The Bertz CT molecular complexity index is 1260. The van der Waals surface area contributed by atoms with Crippen LogP contribution < -0.4 is 9.62 Å². The molecule has 0 aliphatic heterocycles. The second-order valence-corrected chi connectivity index (χ2v) is 9.46. The smallest absolute Gasteiger partial charge is 0.338 e. The highest BCUT2D eigenvalue weighted by molar-refractivity contribution is 7.92. The van der Waals surface area contributed by atoms with Gasteiger partial charge >= 0.3 is 5.97 Å². The maximum absolute atomic E-state index is 13.1. The summed E-state index contributed by atoms with van der Waals surface area (Å²) in [5, 5.41) is 2.84. The molecule has 1 N–H and O–H groups in total. The highest BCUT2D eigenvalue weighted by atomic mass is 35.5. The molecule has 0 unspecified atom stereocenters. The van der Waals surface area contributed by atoms with Crippen LogP contribution in [0.4, 0.5) is 11.4 Å². The van der Waals surface area contributed by atoms with Crippen LogP contribution in [0.25, 0.3) is 0 Å². The number of esters is 1. The van der Waals surface area contributed by atoms with Crippen molar-refractivity contribution in [3.63, 3.8) is 0 Å². The number of nitrogens with zero attached hydrogens (tertiary/aromatic N) is 1. The Morgan fingerprint density at radius 1 is 1.00 bits per heavy atom. The summed E-state index contributed by atoms with van der Waals surface area (Å²) in [5.41, 5.74) is 1.70. The number of para-hydroxylation sites is 1. The number of nitrogens with one attached hydrogen (secondary N) is 1. The summed E-state index contributed by atoms with van der Waals surface area (Å²) in [5.74, 6) is -1.06. The Balaban J connectivity index is 1.92. The van der Waals surface area contributed by atoms with Gasteiger partial charge in [0, 0.05) is 0 Å². The fraction of sp³-hybridized carbons (Fsp3) is 0.167. The lowest BCUT2D eigenvalue weighted by atomic mass is 10.1. The molecule has 0 fully saturated rings. The lowest BCUT2D eigenvalue weighted by molar-refractivity contribution is 0.0526. The molecule has 0 aliphatic rings. The van der Waals surface area contributed by atoms with E-state index in [0.717, 1.165) is 11.8 Å². The minimum atomic E-state index is -3.70. The summed E-state index contributed by atoms with van der Waals surface area (Å²) in [6.07, 6.45) is 1.09. The van der Waals surface area contributed by atoms with Crippen LogP contribution in [-0.4, -0.2) is 33.2 Å². The SMILES string of the molecule is CCOC(=O)c1ccc(NC(=O)c2ccccc2N(Cc2ccccc2)S(C)(=O)=O)c(Cl)c1. The van der Waals surface area contributed by atoms with Gasteiger partial charge in [0.15, 0.2) is 0 Å². The van der Waals surface area contributed by atoms with Crippen molar-refractivity contribution in [2.75, 3.05) is 22.5 Å². The molecule has 3 rings (SSSR count). The zero-order chi connectivity index (χ0) is 24.0. The molecule has 0 saturated heterocycles. The van der Waals surface area contributed by atoms with E-state index in [1.807, 2.05) is 30.3 Å². The minimum Gasteiger partial charge on any atom is -0.462 e. The average Bonchev–Trinajstić information content (AvgIpc) is 2.79. The number of halogens is 1. The van der Waals surface area contributed by atoms with Gasteiger partial charge in [-0.15, -0.1) is 0 Å². The van der Waals surface area contributed by atoms with Gasteiger partial charge in [-0.3, -0.25) is 9.10 Å². The zero-order valence-corrected chi connectivity index (χ0v) is 19.7. The largest absolute Gasteiger partial charge is 0.462 e. The molecule has 0 heterocycles. The molecular weight excluding hydrogens is 464 g/mol. The van der Waals surface area contributed by atoms with Crippen molar-refractivity contribution in [2.24, 2.45) is 0 Å². The summed E-state index contributed by atoms with van der Waals surface area (Å²) in [7, 11) is -3.70. The second-order valence-electron chi connectivity index (χ2n) is 7.14.